The third-order valence-corrected chi connectivity index (χ3v) is 3.37. The molecule has 1 unspecified atom stereocenters. The van der Waals surface area contributed by atoms with Crippen LogP contribution >= 0.6 is 0 Å². The summed E-state index contributed by atoms with van der Waals surface area (Å²) < 4.78 is 34.2. The summed E-state index contributed by atoms with van der Waals surface area (Å²) in [6.07, 6.45) is -0.412. The van der Waals surface area contributed by atoms with Crippen molar-refractivity contribution in [3.8, 4) is 0 Å². The van der Waals surface area contributed by atoms with Crippen molar-refractivity contribution >= 4 is 0 Å². The van der Waals surface area contributed by atoms with E-state index in [1.54, 1.807) is 23.1 Å². The van der Waals surface area contributed by atoms with E-state index >= 15 is 0 Å². The van der Waals surface area contributed by atoms with Crippen molar-refractivity contribution in [1.82, 2.24) is 4.90 Å². The van der Waals surface area contributed by atoms with Crippen LogP contribution in [-0.4, -0.2) is 48.0 Å². The molecule has 1 atom stereocenters. The van der Waals surface area contributed by atoms with Crippen molar-refractivity contribution in [2.75, 3.05) is 26.2 Å². The van der Waals surface area contributed by atoms with Crippen molar-refractivity contribution in [2.45, 2.75) is 31.5 Å². The molecular weight excluding hydrogens is 264 g/mol. The molecule has 1 aromatic rings. The molecule has 1 aliphatic rings. The van der Waals surface area contributed by atoms with E-state index in [0.29, 0.717) is 13.1 Å². The van der Waals surface area contributed by atoms with E-state index in [1.165, 1.54) is 12.1 Å². The number of alkyl halides is 2. The van der Waals surface area contributed by atoms with Gasteiger partial charge in [-0.1, -0.05) is 30.3 Å². The molecule has 0 saturated carbocycles. The molecular formula is C15H21F2NO2. The number of halogens is 2. The van der Waals surface area contributed by atoms with Crippen molar-refractivity contribution < 1.29 is 18.6 Å². The lowest BCUT2D eigenvalue weighted by atomic mass is 10.0. The summed E-state index contributed by atoms with van der Waals surface area (Å²) in [5, 5.41) is 9.22. The average Bonchev–Trinajstić information content (AvgIpc) is 2.37. The van der Waals surface area contributed by atoms with E-state index < -0.39 is 17.6 Å². The second-order valence-corrected chi connectivity index (χ2v) is 5.92. The van der Waals surface area contributed by atoms with Gasteiger partial charge in [0.2, 0.25) is 0 Å². The summed E-state index contributed by atoms with van der Waals surface area (Å²) >= 11 is 0. The lowest BCUT2D eigenvalue weighted by Crippen LogP contribution is -2.55. The van der Waals surface area contributed by atoms with Crippen molar-refractivity contribution in [2.24, 2.45) is 0 Å². The third kappa shape index (κ3) is 3.75. The summed E-state index contributed by atoms with van der Waals surface area (Å²) in [6.45, 7) is 3.93. The molecule has 20 heavy (non-hydrogen) atoms. The van der Waals surface area contributed by atoms with Crippen LogP contribution < -0.4 is 0 Å². The highest BCUT2D eigenvalue weighted by atomic mass is 19.3. The van der Waals surface area contributed by atoms with Crippen molar-refractivity contribution in [1.29, 1.82) is 0 Å². The Balaban J connectivity index is 2.08. The zero-order valence-corrected chi connectivity index (χ0v) is 11.9. The molecule has 0 spiro atoms. The Labute approximate surface area is 118 Å². The maximum atomic E-state index is 14.3. The van der Waals surface area contributed by atoms with Gasteiger partial charge < -0.3 is 9.84 Å². The number of nitrogens with zero attached hydrogens (tertiary/aromatic N) is 1. The first kappa shape index (κ1) is 15.4. The monoisotopic (exact) mass is 285 g/mol. The first-order chi connectivity index (χ1) is 9.32. The van der Waals surface area contributed by atoms with Crippen LogP contribution in [0.25, 0.3) is 0 Å². The van der Waals surface area contributed by atoms with Crippen LogP contribution in [0.15, 0.2) is 30.3 Å². The molecule has 1 aromatic carbocycles. The number of rotatable bonds is 4. The molecule has 112 valence electrons. The lowest BCUT2D eigenvalue weighted by Gasteiger charge is -2.43. The van der Waals surface area contributed by atoms with Gasteiger partial charge in [0.15, 0.2) is 0 Å². The van der Waals surface area contributed by atoms with E-state index in [-0.39, 0.29) is 18.7 Å². The minimum atomic E-state index is -2.91. The van der Waals surface area contributed by atoms with Crippen LogP contribution in [0.4, 0.5) is 8.78 Å². The van der Waals surface area contributed by atoms with Gasteiger partial charge in [-0.15, -0.1) is 0 Å². The smallest absolute Gasteiger partial charge is 0.285 e. The second kappa shape index (κ2) is 5.76. The van der Waals surface area contributed by atoms with Gasteiger partial charge in [-0.3, -0.25) is 4.90 Å². The Morgan fingerprint density at radius 3 is 2.60 bits per heavy atom. The minimum absolute atomic E-state index is 0.0184. The maximum Gasteiger partial charge on any atom is 0.285 e. The highest BCUT2D eigenvalue weighted by Gasteiger charge is 2.39. The van der Waals surface area contributed by atoms with E-state index in [4.69, 9.17) is 4.74 Å². The Kier molecular flexibility index (Phi) is 4.42. The average molecular weight is 285 g/mol. The first-order valence-electron chi connectivity index (χ1n) is 6.77. The number of hydrogen-bond acceptors (Lipinski definition) is 3. The summed E-state index contributed by atoms with van der Waals surface area (Å²) in [5.41, 5.74) is -0.511. The quantitative estimate of drug-likeness (QED) is 0.921. The van der Waals surface area contributed by atoms with Crippen LogP contribution in [0.3, 0.4) is 0 Å². The van der Waals surface area contributed by atoms with Crippen LogP contribution in [0.5, 0.6) is 0 Å². The molecule has 1 fully saturated rings. The summed E-state index contributed by atoms with van der Waals surface area (Å²) in [6, 6.07) is 7.83. The fourth-order valence-electron chi connectivity index (χ4n) is 2.69. The van der Waals surface area contributed by atoms with Gasteiger partial charge in [0.1, 0.15) is 0 Å². The zero-order valence-electron chi connectivity index (χ0n) is 11.9. The van der Waals surface area contributed by atoms with Gasteiger partial charge in [0.05, 0.1) is 24.9 Å². The fourth-order valence-corrected chi connectivity index (χ4v) is 2.69. The molecule has 0 radical (unpaired) electrons. The third-order valence-electron chi connectivity index (χ3n) is 3.37. The molecule has 1 heterocycles. The molecule has 5 heteroatoms. The Morgan fingerprint density at radius 2 is 2.00 bits per heavy atom. The molecule has 1 saturated heterocycles. The molecule has 1 aliphatic heterocycles. The summed E-state index contributed by atoms with van der Waals surface area (Å²) in [7, 11) is 0. The predicted molar refractivity (Wildman–Crippen MR) is 72.8 cm³/mol. The topological polar surface area (TPSA) is 32.7 Å². The maximum absolute atomic E-state index is 14.3. The van der Waals surface area contributed by atoms with Gasteiger partial charge in [0, 0.05) is 18.7 Å². The molecule has 0 aliphatic carbocycles. The van der Waals surface area contributed by atoms with E-state index in [2.05, 4.69) is 0 Å². The van der Waals surface area contributed by atoms with Gasteiger partial charge in [0.25, 0.3) is 5.92 Å². The predicted octanol–water partition coefficient (Wildman–Crippen LogP) is 2.25. The number of ether oxygens (including phenoxy) is 1. The van der Waals surface area contributed by atoms with Gasteiger partial charge >= 0.3 is 0 Å². The van der Waals surface area contributed by atoms with Gasteiger partial charge in [-0.05, 0) is 13.8 Å². The Morgan fingerprint density at radius 1 is 1.35 bits per heavy atom. The standard InChI is InChI=1S/C15H21F2NO2/c1-14(2)10-18(8-13(9-19)20-14)11-15(16,17)12-6-4-3-5-7-12/h3-7,13,19H,8-11H2,1-2H3. The fraction of sp³-hybridized carbons (Fsp3) is 0.600. The second-order valence-electron chi connectivity index (χ2n) is 5.92. The largest absolute Gasteiger partial charge is 0.394 e. The highest BCUT2D eigenvalue weighted by Crippen LogP contribution is 2.31. The van der Waals surface area contributed by atoms with Crippen LogP contribution in [0.1, 0.15) is 19.4 Å². The summed E-state index contributed by atoms with van der Waals surface area (Å²) in [5.74, 6) is -2.91. The molecule has 0 aromatic heterocycles. The van der Waals surface area contributed by atoms with Crippen molar-refractivity contribution in [3.63, 3.8) is 0 Å². The number of aliphatic hydroxyl groups is 1. The molecule has 0 amide bonds. The lowest BCUT2D eigenvalue weighted by molar-refractivity contribution is -0.164. The minimum Gasteiger partial charge on any atom is -0.394 e. The number of hydrogen-bond donors (Lipinski definition) is 1. The molecule has 0 bridgehead atoms. The van der Waals surface area contributed by atoms with E-state index in [0.717, 1.165) is 0 Å². The normalized spacial score (nSPS) is 23.8. The molecule has 1 N–H and O–H groups in total. The number of aliphatic hydroxyl groups excluding tert-OH is 1. The van der Waals surface area contributed by atoms with Gasteiger partial charge in [-0.2, -0.15) is 8.78 Å². The van der Waals surface area contributed by atoms with Crippen molar-refractivity contribution in [3.05, 3.63) is 35.9 Å². The SMILES string of the molecule is CC1(C)CN(CC(F)(F)c2ccccc2)CC(CO)O1. The van der Waals surface area contributed by atoms with Crippen LogP contribution in [0.2, 0.25) is 0 Å². The van der Waals surface area contributed by atoms with Crippen LogP contribution in [-0.2, 0) is 10.7 Å². The van der Waals surface area contributed by atoms with E-state index in [1.807, 2.05) is 13.8 Å². The Bertz CT molecular complexity index is 437. The molecule has 2 rings (SSSR count). The number of morpholine rings is 1. The van der Waals surface area contributed by atoms with Crippen LogP contribution in [0, 0.1) is 0 Å². The highest BCUT2D eigenvalue weighted by molar-refractivity contribution is 5.20. The first-order valence-corrected chi connectivity index (χ1v) is 6.77. The number of benzene rings is 1. The Hall–Kier alpha value is -1.04. The summed E-state index contributed by atoms with van der Waals surface area (Å²) in [4.78, 5) is 1.66. The zero-order chi connectivity index (χ0) is 14.8. The van der Waals surface area contributed by atoms with E-state index in [9.17, 15) is 13.9 Å². The molecule has 3 nitrogen and oxygen atoms in total. The van der Waals surface area contributed by atoms with Gasteiger partial charge in [-0.25, -0.2) is 0 Å².